The molecule has 1 aliphatic rings. The number of hydrogen-bond donors (Lipinski definition) is 3. The summed E-state index contributed by atoms with van der Waals surface area (Å²) in [5, 5.41) is 21.8. The maximum absolute atomic E-state index is 9.34. The molecular weight excluding hydrogens is 230 g/mol. The van der Waals surface area contributed by atoms with Crippen LogP contribution in [0.1, 0.15) is 37.4 Å². The Hall–Kier alpha value is -1.20. The standard InChI is InChI=1S/C13H21N3O2/c1-13(7-17,8-18)16-12-10-5-3-2-4-6-11(10)14-9-15-12/h9,17-18H,2-8H2,1H3,(H,14,15,16). The number of aliphatic hydroxyl groups excluding tert-OH is 2. The lowest BCUT2D eigenvalue weighted by atomic mass is 10.0. The van der Waals surface area contributed by atoms with Crippen LogP contribution < -0.4 is 5.32 Å². The van der Waals surface area contributed by atoms with E-state index in [4.69, 9.17) is 0 Å². The van der Waals surface area contributed by atoms with Crippen LogP contribution in [0.15, 0.2) is 6.33 Å². The van der Waals surface area contributed by atoms with Crippen molar-refractivity contribution in [3.05, 3.63) is 17.6 Å². The minimum Gasteiger partial charge on any atom is -0.394 e. The molecule has 1 aromatic rings. The first-order chi connectivity index (χ1) is 8.68. The summed E-state index contributed by atoms with van der Waals surface area (Å²) in [5.74, 6) is 0.757. The Labute approximate surface area is 107 Å². The number of aliphatic hydroxyl groups is 2. The first-order valence-electron chi connectivity index (χ1n) is 6.51. The minimum absolute atomic E-state index is 0.137. The van der Waals surface area contributed by atoms with E-state index in [0.717, 1.165) is 36.3 Å². The van der Waals surface area contributed by atoms with Crippen molar-refractivity contribution < 1.29 is 10.2 Å². The molecule has 18 heavy (non-hydrogen) atoms. The number of nitrogens with one attached hydrogen (secondary N) is 1. The van der Waals surface area contributed by atoms with Gasteiger partial charge in [-0.2, -0.15) is 0 Å². The summed E-state index contributed by atoms with van der Waals surface area (Å²) in [5.41, 5.74) is 1.50. The van der Waals surface area contributed by atoms with Crippen LogP contribution in [-0.2, 0) is 12.8 Å². The minimum atomic E-state index is -0.742. The van der Waals surface area contributed by atoms with Crippen molar-refractivity contribution in [1.29, 1.82) is 0 Å². The first-order valence-corrected chi connectivity index (χ1v) is 6.51. The normalized spacial score (nSPS) is 15.9. The van der Waals surface area contributed by atoms with Crippen molar-refractivity contribution in [3.63, 3.8) is 0 Å². The Morgan fingerprint density at radius 1 is 1.17 bits per heavy atom. The van der Waals surface area contributed by atoms with Crippen molar-refractivity contribution >= 4 is 5.82 Å². The molecule has 1 aliphatic carbocycles. The lowest BCUT2D eigenvalue weighted by Crippen LogP contribution is -2.43. The second-order valence-corrected chi connectivity index (χ2v) is 5.21. The summed E-state index contributed by atoms with van der Waals surface area (Å²) in [4.78, 5) is 8.62. The molecule has 5 nitrogen and oxygen atoms in total. The molecule has 0 amide bonds. The van der Waals surface area contributed by atoms with Gasteiger partial charge in [0.15, 0.2) is 0 Å². The summed E-state index contributed by atoms with van der Waals surface area (Å²) >= 11 is 0. The molecule has 0 spiro atoms. The molecule has 0 radical (unpaired) electrons. The Morgan fingerprint density at radius 2 is 1.89 bits per heavy atom. The largest absolute Gasteiger partial charge is 0.394 e. The van der Waals surface area contributed by atoms with Gasteiger partial charge in [0.1, 0.15) is 12.1 Å². The van der Waals surface area contributed by atoms with E-state index in [1.165, 1.54) is 12.8 Å². The van der Waals surface area contributed by atoms with Crippen LogP contribution in [-0.4, -0.2) is 38.9 Å². The Bertz CT molecular complexity index is 405. The van der Waals surface area contributed by atoms with Crippen LogP contribution in [0, 0.1) is 0 Å². The number of rotatable bonds is 4. The average Bonchev–Trinajstić information content (AvgIpc) is 2.64. The van der Waals surface area contributed by atoms with E-state index in [2.05, 4.69) is 15.3 Å². The molecule has 0 atom stereocenters. The third-order valence-corrected chi connectivity index (χ3v) is 3.49. The molecule has 0 aromatic carbocycles. The highest BCUT2D eigenvalue weighted by molar-refractivity contribution is 5.48. The van der Waals surface area contributed by atoms with Gasteiger partial charge in [-0.1, -0.05) is 6.42 Å². The van der Waals surface area contributed by atoms with Crippen LogP contribution in [0.25, 0.3) is 0 Å². The van der Waals surface area contributed by atoms with Gasteiger partial charge in [-0.25, -0.2) is 9.97 Å². The molecule has 2 rings (SSSR count). The molecule has 5 heteroatoms. The van der Waals surface area contributed by atoms with Crippen molar-refractivity contribution in [1.82, 2.24) is 9.97 Å². The number of aryl methyl sites for hydroxylation is 1. The number of aromatic nitrogens is 2. The average molecular weight is 251 g/mol. The highest BCUT2D eigenvalue weighted by atomic mass is 16.3. The molecule has 3 N–H and O–H groups in total. The molecule has 0 fully saturated rings. The van der Waals surface area contributed by atoms with Gasteiger partial charge in [0.05, 0.1) is 18.8 Å². The predicted octanol–water partition coefficient (Wildman–Crippen LogP) is 0.901. The zero-order valence-corrected chi connectivity index (χ0v) is 10.8. The molecular formula is C13H21N3O2. The van der Waals surface area contributed by atoms with Crippen LogP contribution >= 0.6 is 0 Å². The molecule has 1 heterocycles. The highest BCUT2D eigenvalue weighted by Crippen LogP contribution is 2.25. The van der Waals surface area contributed by atoms with Crippen molar-refractivity contribution in [2.24, 2.45) is 0 Å². The van der Waals surface area contributed by atoms with Gasteiger partial charge in [0, 0.05) is 11.3 Å². The van der Waals surface area contributed by atoms with Crippen molar-refractivity contribution in [2.75, 3.05) is 18.5 Å². The molecule has 0 bridgehead atoms. The van der Waals surface area contributed by atoms with E-state index in [-0.39, 0.29) is 13.2 Å². The van der Waals surface area contributed by atoms with E-state index >= 15 is 0 Å². The van der Waals surface area contributed by atoms with Gasteiger partial charge in [-0.05, 0) is 32.6 Å². The smallest absolute Gasteiger partial charge is 0.133 e. The zero-order chi connectivity index (χ0) is 13.0. The second kappa shape index (κ2) is 5.63. The van der Waals surface area contributed by atoms with Crippen LogP contribution in [0.3, 0.4) is 0 Å². The summed E-state index contributed by atoms with van der Waals surface area (Å²) in [6, 6.07) is 0. The summed E-state index contributed by atoms with van der Waals surface area (Å²) in [6.07, 6.45) is 7.03. The third kappa shape index (κ3) is 2.79. The van der Waals surface area contributed by atoms with Crippen molar-refractivity contribution in [2.45, 2.75) is 44.6 Å². The van der Waals surface area contributed by atoms with E-state index in [1.54, 1.807) is 13.3 Å². The number of nitrogens with zero attached hydrogens (tertiary/aromatic N) is 2. The van der Waals surface area contributed by atoms with Crippen molar-refractivity contribution in [3.8, 4) is 0 Å². The summed E-state index contributed by atoms with van der Waals surface area (Å²) in [7, 11) is 0. The molecule has 0 unspecified atom stereocenters. The fourth-order valence-corrected chi connectivity index (χ4v) is 2.22. The first kappa shape index (κ1) is 13.2. The fraction of sp³-hybridized carbons (Fsp3) is 0.692. The summed E-state index contributed by atoms with van der Waals surface area (Å²) in [6.45, 7) is 1.50. The second-order valence-electron chi connectivity index (χ2n) is 5.21. The maximum atomic E-state index is 9.34. The number of fused-ring (bicyclic) bond motifs is 1. The molecule has 0 saturated carbocycles. The molecule has 0 aliphatic heterocycles. The van der Waals surface area contributed by atoms with E-state index in [1.807, 2.05) is 0 Å². The highest BCUT2D eigenvalue weighted by Gasteiger charge is 2.25. The van der Waals surface area contributed by atoms with Gasteiger partial charge >= 0.3 is 0 Å². The van der Waals surface area contributed by atoms with E-state index in [9.17, 15) is 10.2 Å². The van der Waals surface area contributed by atoms with Gasteiger partial charge in [0.25, 0.3) is 0 Å². The van der Waals surface area contributed by atoms with Gasteiger partial charge in [0.2, 0.25) is 0 Å². The molecule has 1 aromatic heterocycles. The number of anilines is 1. The van der Waals surface area contributed by atoms with Gasteiger partial charge in [-0.15, -0.1) is 0 Å². The monoisotopic (exact) mass is 251 g/mol. The fourth-order valence-electron chi connectivity index (χ4n) is 2.22. The topological polar surface area (TPSA) is 78.3 Å². The van der Waals surface area contributed by atoms with Gasteiger partial charge < -0.3 is 15.5 Å². The third-order valence-electron chi connectivity index (χ3n) is 3.49. The van der Waals surface area contributed by atoms with Crippen LogP contribution in [0.4, 0.5) is 5.82 Å². The lowest BCUT2D eigenvalue weighted by molar-refractivity contribution is 0.147. The molecule has 100 valence electrons. The van der Waals surface area contributed by atoms with E-state index < -0.39 is 5.54 Å². The predicted molar refractivity (Wildman–Crippen MR) is 69.5 cm³/mol. The quantitative estimate of drug-likeness (QED) is 0.693. The Balaban J connectivity index is 2.28. The Kier molecular flexibility index (Phi) is 4.14. The zero-order valence-electron chi connectivity index (χ0n) is 10.8. The van der Waals surface area contributed by atoms with E-state index in [0.29, 0.717) is 0 Å². The summed E-state index contributed by atoms with van der Waals surface area (Å²) < 4.78 is 0. The molecule has 0 saturated heterocycles. The van der Waals surface area contributed by atoms with Gasteiger partial charge in [-0.3, -0.25) is 0 Å². The van der Waals surface area contributed by atoms with Crippen LogP contribution in [0.5, 0.6) is 0 Å². The van der Waals surface area contributed by atoms with Crippen LogP contribution in [0.2, 0.25) is 0 Å². The maximum Gasteiger partial charge on any atom is 0.133 e. The lowest BCUT2D eigenvalue weighted by Gasteiger charge is -2.28. The Morgan fingerprint density at radius 3 is 2.61 bits per heavy atom. The SMILES string of the molecule is CC(CO)(CO)Nc1ncnc2c1CCCCC2. The number of hydrogen-bond acceptors (Lipinski definition) is 5.